The Labute approximate surface area is 95.5 Å². The number of amides is 1. The highest BCUT2D eigenvalue weighted by atomic mass is 32.2. The van der Waals surface area contributed by atoms with Gasteiger partial charge < -0.3 is 11.1 Å². The molecule has 1 atom stereocenters. The van der Waals surface area contributed by atoms with Gasteiger partial charge in [-0.2, -0.15) is 0 Å². The maximum atomic E-state index is 12.7. The molecule has 0 heterocycles. The first kappa shape index (κ1) is 12.6. The van der Waals surface area contributed by atoms with Gasteiger partial charge in [0.25, 0.3) is 5.91 Å². The number of nitrogen functional groups attached to an aromatic ring is 1. The number of halogens is 1. The standard InChI is InChI=1S/C10H13FN2O2S/c1-16(15)5-4-13-10(14)8-3-2-7(11)6-9(8)12/h2-3,6H,4-5,12H2,1H3,(H,13,14). The van der Waals surface area contributed by atoms with Crippen LogP contribution in [0.4, 0.5) is 10.1 Å². The minimum atomic E-state index is -0.953. The summed E-state index contributed by atoms with van der Waals surface area (Å²) in [5.74, 6) is -0.487. The molecule has 16 heavy (non-hydrogen) atoms. The number of carbonyl (C=O) groups is 1. The molecule has 0 aliphatic carbocycles. The van der Waals surface area contributed by atoms with E-state index in [1.54, 1.807) is 6.26 Å². The molecule has 1 aromatic rings. The molecule has 1 amide bonds. The van der Waals surface area contributed by atoms with E-state index in [-0.39, 0.29) is 17.2 Å². The smallest absolute Gasteiger partial charge is 0.253 e. The van der Waals surface area contributed by atoms with Gasteiger partial charge in [-0.15, -0.1) is 0 Å². The second kappa shape index (κ2) is 5.60. The van der Waals surface area contributed by atoms with Gasteiger partial charge in [0.1, 0.15) is 5.82 Å². The molecule has 1 unspecified atom stereocenters. The van der Waals surface area contributed by atoms with Crippen LogP contribution in [0.2, 0.25) is 0 Å². The molecule has 0 spiro atoms. The third-order valence-electron chi connectivity index (χ3n) is 1.93. The SMILES string of the molecule is CS(=O)CCNC(=O)c1ccc(F)cc1N. The zero-order valence-corrected chi connectivity index (χ0v) is 9.64. The van der Waals surface area contributed by atoms with Gasteiger partial charge in [-0.05, 0) is 18.2 Å². The second-order valence-electron chi connectivity index (χ2n) is 3.26. The average Bonchev–Trinajstić information content (AvgIpc) is 2.16. The van der Waals surface area contributed by atoms with Crippen LogP contribution >= 0.6 is 0 Å². The number of nitrogens with one attached hydrogen (secondary N) is 1. The van der Waals surface area contributed by atoms with Gasteiger partial charge in [0.2, 0.25) is 0 Å². The lowest BCUT2D eigenvalue weighted by Gasteiger charge is -2.06. The third kappa shape index (κ3) is 3.62. The van der Waals surface area contributed by atoms with Crippen molar-refractivity contribution in [2.75, 3.05) is 24.3 Å². The van der Waals surface area contributed by atoms with E-state index in [1.165, 1.54) is 12.1 Å². The van der Waals surface area contributed by atoms with Crippen molar-refractivity contribution in [3.8, 4) is 0 Å². The van der Waals surface area contributed by atoms with E-state index >= 15 is 0 Å². The minimum absolute atomic E-state index is 0.0927. The van der Waals surface area contributed by atoms with Crippen LogP contribution in [-0.2, 0) is 10.8 Å². The number of nitrogens with two attached hydrogens (primary N) is 1. The number of hydrogen-bond donors (Lipinski definition) is 2. The third-order valence-corrected chi connectivity index (χ3v) is 2.71. The maximum absolute atomic E-state index is 12.7. The normalized spacial score (nSPS) is 12.1. The first-order valence-corrected chi connectivity index (χ1v) is 6.36. The lowest BCUT2D eigenvalue weighted by Crippen LogP contribution is -2.28. The van der Waals surface area contributed by atoms with Gasteiger partial charge in [0, 0.05) is 35.0 Å². The van der Waals surface area contributed by atoms with Gasteiger partial charge in [0.05, 0.1) is 5.56 Å². The van der Waals surface area contributed by atoms with Gasteiger partial charge in [-0.1, -0.05) is 0 Å². The second-order valence-corrected chi connectivity index (χ2v) is 4.82. The van der Waals surface area contributed by atoms with E-state index in [4.69, 9.17) is 5.73 Å². The predicted molar refractivity (Wildman–Crippen MR) is 62.1 cm³/mol. The lowest BCUT2D eigenvalue weighted by molar-refractivity contribution is 0.0957. The zero-order chi connectivity index (χ0) is 12.1. The Balaban J connectivity index is 2.63. The average molecular weight is 244 g/mol. The summed E-state index contributed by atoms with van der Waals surface area (Å²) in [4.78, 5) is 11.5. The molecule has 0 saturated carbocycles. The molecule has 1 aromatic carbocycles. The molecule has 88 valence electrons. The Kier molecular flexibility index (Phi) is 4.42. The van der Waals surface area contributed by atoms with Crippen molar-refractivity contribution in [2.45, 2.75) is 0 Å². The van der Waals surface area contributed by atoms with Gasteiger partial charge >= 0.3 is 0 Å². The fourth-order valence-electron chi connectivity index (χ4n) is 1.14. The van der Waals surface area contributed by atoms with Crippen LogP contribution < -0.4 is 11.1 Å². The molecule has 0 saturated heterocycles. The largest absolute Gasteiger partial charge is 0.398 e. The highest BCUT2D eigenvalue weighted by Gasteiger charge is 2.09. The maximum Gasteiger partial charge on any atom is 0.253 e. The minimum Gasteiger partial charge on any atom is -0.398 e. The number of benzene rings is 1. The summed E-state index contributed by atoms with van der Waals surface area (Å²) in [5.41, 5.74) is 5.81. The summed E-state index contributed by atoms with van der Waals surface area (Å²) in [7, 11) is -0.953. The molecular formula is C10H13FN2O2S. The van der Waals surface area contributed by atoms with E-state index in [9.17, 15) is 13.4 Å². The molecule has 0 aliphatic heterocycles. The quantitative estimate of drug-likeness (QED) is 0.758. The number of hydrogen-bond acceptors (Lipinski definition) is 3. The Morgan fingerprint density at radius 2 is 2.25 bits per heavy atom. The molecule has 3 N–H and O–H groups in total. The van der Waals surface area contributed by atoms with Crippen molar-refractivity contribution in [2.24, 2.45) is 0 Å². The summed E-state index contributed by atoms with van der Waals surface area (Å²) in [6.07, 6.45) is 1.55. The fraction of sp³-hybridized carbons (Fsp3) is 0.300. The summed E-state index contributed by atoms with van der Waals surface area (Å²) in [6.45, 7) is 0.304. The Morgan fingerprint density at radius 3 is 2.81 bits per heavy atom. The highest BCUT2D eigenvalue weighted by molar-refractivity contribution is 7.84. The predicted octanol–water partition coefficient (Wildman–Crippen LogP) is 0.516. The monoisotopic (exact) mass is 244 g/mol. The molecule has 0 bridgehead atoms. The summed E-state index contributed by atoms with van der Waals surface area (Å²) < 4.78 is 23.5. The number of carbonyl (C=O) groups excluding carboxylic acids is 1. The topological polar surface area (TPSA) is 72.2 Å². The first-order valence-electron chi connectivity index (χ1n) is 4.64. The van der Waals surface area contributed by atoms with Crippen LogP contribution in [-0.4, -0.2) is 28.7 Å². The van der Waals surface area contributed by atoms with Crippen LogP contribution in [0.25, 0.3) is 0 Å². The van der Waals surface area contributed by atoms with Crippen LogP contribution in [0.5, 0.6) is 0 Å². The van der Waals surface area contributed by atoms with Crippen molar-refractivity contribution < 1.29 is 13.4 Å². The molecule has 0 radical (unpaired) electrons. The molecule has 1 rings (SSSR count). The van der Waals surface area contributed by atoms with E-state index in [2.05, 4.69) is 5.32 Å². The molecular weight excluding hydrogens is 231 g/mol. The van der Waals surface area contributed by atoms with E-state index < -0.39 is 16.6 Å². The first-order chi connectivity index (χ1) is 7.50. The summed E-state index contributed by atoms with van der Waals surface area (Å²) >= 11 is 0. The molecule has 0 aliphatic rings. The van der Waals surface area contributed by atoms with Gasteiger partial charge in [-0.3, -0.25) is 9.00 Å². The van der Waals surface area contributed by atoms with Crippen LogP contribution in [0.3, 0.4) is 0 Å². The summed E-state index contributed by atoms with van der Waals surface area (Å²) in [6, 6.07) is 3.58. The van der Waals surface area contributed by atoms with Gasteiger partial charge in [0.15, 0.2) is 0 Å². The number of anilines is 1. The lowest BCUT2D eigenvalue weighted by atomic mass is 10.1. The number of rotatable bonds is 4. The highest BCUT2D eigenvalue weighted by Crippen LogP contribution is 2.12. The van der Waals surface area contributed by atoms with Crippen molar-refractivity contribution >= 4 is 22.4 Å². The van der Waals surface area contributed by atoms with Crippen molar-refractivity contribution in [1.29, 1.82) is 0 Å². The van der Waals surface area contributed by atoms with Crippen molar-refractivity contribution in [3.63, 3.8) is 0 Å². The van der Waals surface area contributed by atoms with Crippen LogP contribution in [0, 0.1) is 5.82 Å². The van der Waals surface area contributed by atoms with Crippen LogP contribution in [0.1, 0.15) is 10.4 Å². The van der Waals surface area contributed by atoms with Crippen molar-refractivity contribution in [3.05, 3.63) is 29.6 Å². The summed E-state index contributed by atoms with van der Waals surface area (Å²) in [5, 5.41) is 2.56. The van der Waals surface area contributed by atoms with E-state index in [0.717, 1.165) is 6.07 Å². The van der Waals surface area contributed by atoms with Crippen molar-refractivity contribution in [1.82, 2.24) is 5.32 Å². The van der Waals surface area contributed by atoms with Gasteiger partial charge in [-0.25, -0.2) is 4.39 Å². The Hall–Kier alpha value is -1.43. The van der Waals surface area contributed by atoms with E-state index in [1.807, 2.05) is 0 Å². The molecule has 0 fully saturated rings. The molecule has 4 nitrogen and oxygen atoms in total. The Bertz CT molecular complexity index is 423. The zero-order valence-electron chi connectivity index (χ0n) is 8.83. The van der Waals surface area contributed by atoms with E-state index in [0.29, 0.717) is 12.3 Å². The van der Waals surface area contributed by atoms with Crippen LogP contribution in [0.15, 0.2) is 18.2 Å². The Morgan fingerprint density at radius 1 is 1.56 bits per heavy atom. The molecule has 6 heteroatoms. The fourth-order valence-corrected chi connectivity index (χ4v) is 1.53. The molecule has 0 aromatic heterocycles.